The third-order valence-corrected chi connectivity index (χ3v) is 7.05. The molecule has 1 atom stereocenters. The number of aliphatic hydroxyl groups is 1. The molecule has 2 aromatic carbocycles. The molecule has 38 heavy (non-hydrogen) atoms. The summed E-state index contributed by atoms with van der Waals surface area (Å²) in [5, 5.41) is 18.2. The highest BCUT2D eigenvalue weighted by atomic mass is 16.5. The van der Waals surface area contributed by atoms with E-state index in [1.54, 1.807) is 26.4 Å². The summed E-state index contributed by atoms with van der Waals surface area (Å²) < 4.78 is 12.1. The van der Waals surface area contributed by atoms with Gasteiger partial charge in [0.05, 0.1) is 23.7 Å². The summed E-state index contributed by atoms with van der Waals surface area (Å²) in [6.07, 6.45) is 7.43. The number of aliphatic hydroxyl groups excluding tert-OH is 1. The summed E-state index contributed by atoms with van der Waals surface area (Å²) >= 11 is 0. The fourth-order valence-electron chi connectivity index (χ4n) is 5.04. The Labute approximate surface area is 220 Å². The van der Waals surface area contributed by atoms with E-state index in [2.05, 4.69) is 38.8 Å². The Hall–Kier alpha value is -4.21. The van der Waals surface area contributed by atoms with Gasteiger partial charge in [0.25, 0.3) is 0 Å². The molecule has 1 aliphatic carbocycles. The minimum absolute atomic E-state index is 0.126. The topological polar surface area (TPSA) is 117 Å². The van der Waals surface area contributed by atoms with Crippen LogP contribution < -0.4 is 20.1 Å². The third-order valence-electron chi connectivity index (χ3n) is 7.05. The number of H-pyrrole nitrogens is 1. The van der Waals surface area contributed by atoms with Crippen LogP contribution in [0, 0.1) is 0 Å². The number of hydrogen-bond donors (Lipinski definition) is 4. The van der Waals surface area contributed by atoms with Crippen molar-refractivity contribution in [2.24, 2.45) is 0 Å². The van der Waals surface area contributed by atoms with Crippen LogP contribution in [-0.4, -0.2) is 45.3 Å². The van der Waals surface area contributed by atoms with Crippen molar-refractivity contribution >= 4 is 33.6 Å². The van der Waals surface area contributed by atoms with E-state index in [4.69, 9.17) is 19.4 Å². The quantitative estimate of drug-likeness (QED) is 0.203. The zero-order chi connectivity index (χ0) is 26.1. The second kappa shape index (κ2) is 10.3. The number of methoxy groups -OCH3 is 1. The first kappa shape index (κ1) is 24.1. The van der Waals surface area contributed by atoms with Gasteiger partial charge in [-0.15, -0.1) is 0 Å². The molecule has 3 heterocycles. The Balaban J connectivity index is 1.42. The molecule has 1 aliphatic rings. The molecule has 4 N–H and O–H groups in total. The summed E-state index contributed by atoms with van der Waals surface area (Å²) in [6.45, 7) is 0. The Morgan fingerprint density at radius 1 is 1.08 bits per heavy atom. The molecule has 1 saturated carbocycles. The van der Waals surface area contributed by atoms with Crippen LogP contribution in [0.25, 0.3) is 33.1 Å². The zero-order valence-corrected chi connectivity index (χ0v) is 21.4. The average molecular weight is 511 g/mol. The van der Waals surface area contributed by atoms with Crippen molar-refractivity contribution in [2.75, 3.05) is 19.5 Å². The fraction of sp³-hybridized carbons (Fsp3) is 0.276. The average Bonchev–Trinajstić information content (AvgIpc) is 3.63. The van der Waals surface area contributed by atoms with Crippen molar-refractivity contribution in [3.63, 3.8) is 0 Å². The largest absolute Gasteiger partial charge is 0.495 e. The van der Waals surface area contributed by atoms with Crippen molar-refractivity contribution in [1.82, 2.24) is 25.3 Å². The van der Waals surface area contributed by atoms with Gasteiger partial charge in [0.2, 0.25) is 11.8 Å². The van der Waals surface area contributed by atoms with Gasteiger partial charge < -0.3 is 24.9 Å². The lowest BCUT2D eigenvalue weighted by molar-refractivity contribution is 0.149. The molecule has 5 aromatic rings. The summed E-state index contributed by atoms with van der Waals surface area (Å²) in [5.41, 5.74) is 5.02. The van der Waals surface area contributed by atoms with Crippen LogP contribution in [0.4, 0.5) is 11.6 Å². The van der Waals surface area contributed by atoms with Crippen molar-refractivity contribution in [2.45, 2.75) is 38.0 Å². The number of aromatic amines is 1. The zero-order valence-electron chi connectivity index (χ0n) is 21.4. The van der Waals surface area contributed by atoms with Crippen LogP contribution >= 0.6 is 0 Å². The van der Waals surface area contributed by atoms with Gasteiger partial charge in [0.1, 0.15) is 23.7 Å². The number of nitrogens with zero attached hydrogens (tertiary/aromatic N) is 3. The smallest absolute Gasteiger partial charge is 0.232 e. The molecule has 0 saturated heterocycles. The minimum Gasteiger partial charge on any atom is -0.495 e. The molecule has 0 bridgehead atoms. The number of aromatic nitrogens is 4. The third kappa shape index (κ3) is 4.62. The van der Waals surface area contributed by atoms with Crippen molar-refractivity contribution in [1.29, 1.82) is 0 Å². The lowest BCUT2D eigenvalue weighted by Crippen LogP contribution is -2.15. The van der Waals surface area contributed by atoms with E-state index in [1.807, 2.05) is 30.5 Å². The maximum atomic E-state index is 10.1. The summed E-state index contributed by atoms with van der Waals surface area (Å²) in [6, 6.07) is 15.7. The van der Waals surface area contributed by atoms with Gasteiger partial charge in [0.15, 0.2) is 0 Å². The number of rotatable bonds is 8. The van der Waals surface area contributed by atoms with Gasteiger partial charge >= 0.3 is 0 Å². The maximum Gasteiger partial charge on any atom is 0.232 e. The molecule has 0 amide bonds. The molecule has 3 aromatic heterocycles. The lowest BCUT2D eigenvalue weighted by atomic mass is 10.0. The van der Waals surface area contributed by atoms with E-state index in [1.165, 1.54) is 0 Å². The van der Waals surface area contributed by atoms with Crippen molar-refractivity contribution < 1.29 is 14.6 Å². The van der Waals surface area contributed by atoms with Gasteiger partial charge in [-0.1, -0.05) is 18.2 Å². The summed E-state index contributed by atoms with van der Waals surface area (Å²) in [7, 11) is 3.28. The second-order valence-electron chi connectivity index (χ2n) is 9.49. The first-order chi connectivity index (χ1) is 18.6. The molecule has 6 rings (SSSR count). The highest BCUT2D eigenvalue weighted by molar-refractivity contribution is 5.99. The Kier molecular flexibility index (Phi) is 6.53. The van der Waals surface area contributed by atoms with Crippen molar-refractivity contribution in [3.05, 3.63) is 66.5 Å². The van der Waals surface area contributed by atoms with Crippen molar-refractivity contribution in [3.8, 4) is 22.8 Å². The van der Waals surface area contributed by atoms with Gasteiger partial charge in [-0.05, 0) is 74.2 Å². The summed E-state index contributed by atoms with van der Waals surface area (Å²) in [5.74, 6) is 1.51. The molecule has 1 unspecified atom stereocenters. The normalized spacial score (nSPS) is 14.7. The molecule has 0 aliphatic heterocycles. The number of benzene rings is 2. The van der Waals surface area contributed by atoms with Crippen LogP contribution in [0.1, 0.15) is 37.5 Å². The first-order valence-corrected chi connectivity index (χ1v) is 12.8. The van der Waals surface area contributed by atoms with E-state index in [-0.39, 0.29) is 6.10 Å². The molecule has 9 heteroatoms. The van der Waals surface area contributed by atoms with Crippen LogP contribution in [0.3, 0.4) is 0 Å². The molecule has 0 radical (unpaired) electrons. The van der Waals surface area contributed by atoms with E-state index >= 15 is 0 Å². The maximum absolute atomic E-state index is 10.1. The molecule has 194 valence electrons. The monoisotopic (exact) mass is 510 g/mol. The molecule has 9 nitrogen and oxygen atoms in total. The SMILES string of the molecule is CNC(O)c1ccc(Nc2nc(OC3CCCC3)c3c(-c4ccc5ncccc5c4)c[nH]c3n2)c(OC)c1. The van der Waals surface area contributed by atoms with E-state index in [9.17, 15) is 5.11 Å². The number of fused-ring (bicyclic) bond motifs is 2. The number of ether oxygens (including phenoxy) is 2. The van der Waals surface area contributed by atoms with E-state index in [0.29, 0.717) is 34.5 Å². The summed E-state index contributed by atoms with van der Waals surface area (Å²) in [4.78, 5) is 17.4. The van der Waals surface area contributed by atoms with Crippen LogP contribution in [0.5, 0.6) is 11.6 Å². The number of pyridine rings is 1. The van der Waals surface area contributed by atoms with Gasteiger partial charge in [-0.2, -0.15) is 9.97 Å². The van der Waals surface area contributed by atoms with Crippen LogP contribution in [-0.2, 0) is 0 Å². The standard InChI is InChI=1S/C29H30N6O3/c1-30-27(36)19-10-12-23(24(15-19)37-2)33-29-34-26-25(28(35-29)38-20-7-3-4-8-20)21(16-32-26)17-9-11-22-18(14-17)6-5-13-31-22/h5-6,9-16,20,27,30,36H,3-4,7-8H2,1-2H3,(H2,32,33,34,35). The number of anilines is 2. The highest BCUT2D eigenvalue weighted by Gasteiger charge is 2.23. The van der Waals surface area contributed by atoms with Crippen LogP contribution in [0.15, 0.2) is 60.9 Å². The lowest BCUT2D eigenvalue weighted by Gasteiger charge is -2.17. The van der Waals surface area contributed by atoms with Crippen LogP contribution in [0.2, 0.25) is 0 Å². The first-order valence-electron chi connectivity index (χ1n) is 12.8. The second-order valence-corrected chi connectivity index (χ2v) is 9.49. The molecule has 0 spiro atoms. The molecule has 1 fully saturated rings. The predicted octanol–water partition coefficient (Wildman–Crippen LogP) is 5.46. The minimum atomic E-state index is -0.791. The fourth-order valence-corrected chi connectivity index (χ4v) is 5.04. The van der Waals surface area contributed by atoms with E-state index < -0.39 is 6.23 Å². The highest BCUT2D eigenvalue weighted by Crippen LogP contribution is 2.38. The van der Waals surface area contributed by atoms with Gasteiger partial charge in [-0.25, -0.2) is 0 Å². The number of nitrogens with one attached hydrogen (secondary N) is 3. The molecular weight excluding hydrogens is 480 g/mol. The Bertz CT molecular complexity index is 1590. The predicted molar refractivity (Wildman–Crippen MR) is 148 cm³/mol. The Morgan fingerprint density at radius 3 is 2.76 bits per heavy atom. The Morgan fingerprint density at radius 2 is 1.95 bits per heavy atom. The van der Waals surface area contributed by atoms with Gasteiger partial charge in [-0.3, -0.25) is 10.3 Å². The van der Waals surface area contributed by atoms with Gasteiger partial charge in [0, 0.05) is 23.3 Å². The van der Waals surface area contributed by atoms with E-state index in [0.717, 1.165) is 53.1 Å². The number of hydrogen-bond acceptors (Lipinski definition) is 8. The molecular formula is C29H30N6O3.